The molecule has 0 radical (unpaired) electrons. The minimum Gasteiger partial charge on any atom is -0.377 e. The molecular weight excluding hydrogens is 1130 g/mol. The Hall–Kier alpha value is -6.07. The Labute approximate surface area is 508 Å². The van der Waals surface area contributed by atoms with Crippen LogP contribution in [-0.2, 0) is 90.9 Å². The number of hydrogen-bond acceptors (Lipinski definition) is 18. The maximum Gasteiger partial charge on any atom is 0.246 e. The second-order valence-corrected chi connectivity index (χ2v) is 23.0. The Balaban J connectivity index is 1.00. The minimum absolute atomic E-state index is 0.000918. The molecule has 2 aliphatic rings. The van der Waals surface area contributed by atoms with Crippen molar-refractivity contribution in [1.82, 2.24) is 51.5 Å². The third kappa shape index (κ3) is 26.9. The Morgan fingerprint density at radius 3 is 2.08 bits per heavy atom. The SMILES string of the molecule is CC(=O)COCCOCCOCCOCCNC(=O)[C@@H](C)CCCCn1cc(C[C@H](NC(=O)COCCOCCOCCNC(=O)CCCCC2SC[C@@H](NC(C)=O)[C@H]2C)C(=O)N2CCC[C@H]2C(=O)N[C@@H](Cc2c[nH]c3ccccc23)C(N)=O)nn1. The number of carbonyl (C=O) groups excluding carboxylic acids is 8. The second kappa shape index (κ2) is 40.4. The van der Waals surface area contributed by atoms with Crippen LogP contribution < -0.4 is 32.3 Å². The molecule has 27 heteroatoms. The summed E-state index contributed by atoms with van der Waals surface area (Å²) in [6.45, 7) is 12.0. The lowest BCUT2D eigenvalue weighted by Crippen LogP contribution is -2.57. The highest BCUT2D eigenvalue weighted by Gasteiger charge is 2.39. The number of likely N-dealkylation sites (tertiary alicyclic amines) is 1. The van der Waals surface area contributed by atoms with Crippen molar-refractivity contribution in [3.05, 3.63) is 47.9 Å². The molecule has 2 aromatic heterocycles. The predicted octanol–water partition coefficient (Wildman–Crippen LogP) is 1.55. The van der Waals surface area contributed by atoms with Crippen LogP contribution in [0, 0.1) is 11.8 Å². The maximum absolute atomic E-state index is 14.5. The molecule has 4 heterocycles. The molecule has 480 valence electrons. The molecule has 0 aliphatic carbocycles. The van der Waals surface area contributed by atoms with Crippen LogP contribution in [0.25, 0.3) is 10.9 Å². The van der Waals surface area contributed by atoms with Gasteiger partial charge in [-0.2, -0.15) is 11.8 Å². The van der Waals surface area contributed by atoms with Crippen molar-refractivity contribution in [2.45, 2.75) is 134 Å². The van der Waals surface area contributed by atoms with E-state index in [1.807, 2.05) is 43.0 Å². The Morgan fingerprint density at radius 1 is 0.756 bits per heavy atom. The molecular formula is C59H93N11O15S. The van der Waals surface area contributed by atoms with Crippen molar-refractivity contribution in [1.29, 1.82) is 0 Å². The van der Waals surface area contributed by atoms with E-state index < -0.39 is 41.8 Å². The number of ether oxygens (including phenoxy) is 7. The summed E-state index contributed by atoms with van der Waals surface area (Å²) in [6.07, 6.45) is 9.67. The molecule has 0 bridgehead atoms. The standard InChI is InChI=1S/C59H93N11O15S/c1-41(57(76)62-19-23-80-25-26-81-28-29-83-30-32-84-38-42(2)71)12-9-10-20-69-37-46(67-68-69)35-50(59(78)70-21-11-15-52(70)58(77)66-49(56(60)75)34-45-36-63-48-14-6-5-13-47(45)48)65-55(74)39-85-33-31-82-27-24-79-22-18-61-54(73)17-8-7-16-53-43(3)51(40-86-53)64-44(4)72/h5-6,13-14,36-37,41,43,49-53,63H,7-12,15-35,38-40H2,1-4H3,(H2,60,75)(H,61,73)(H,62,76)(H,64,72)(H,65,74)(H,66,77)/t41-,43+,49-,50-,51+,52-,53?/m0/s1. The third-order valence-electron chi connectivity index (χ3n) is 14.7. The number of H-pyrrole nitrogens is 1. The molecule has 86 heavy (non-hydrogen) atoms. The van der Waals surface area contributed by atoms with Gasteiger partial charge >= 0.3 is 0 Å². The molecule has 5 rings (SSSR count). The number of fused-ring (bicyclic) bond motifs is 1. The van der Waals surface area contributed by atoms with Crippen LogP contribution in [-0.4, -0.2) is 219 Å². The van der Waals surface area contributed by atoms with E-state index in [1.54, 1.807) is 24.0 Å². The summed E-state index contributed by atoms with van der Waals surface area (Å²) in [6, 6.07) is 4.64. The predicted molar refractivity (Wildman–Crippen MR) is 320 cm³/mol. The lowest BCUT2D eigenvalue weighted by atomic mass is 9.96. The molecule has 2 aliphatic heterocycles. The number of para-hydroxylation sites is 1. The van der Waals surface area contributed by atoms with Crippen molar-refractivity contribution in [2.75, 3.05) is 118 Å². The smallest absolute Gasteiger partial charge is 0.246 e. The van der Waals surface area contributed by atoms with E-state index in [2.05, 4.69) is 48.8 Å². The number of unbranched alkanes of at least 4 members (excludes halogenated alkanes) is 2. The quantitative estimate of drug-likeness (QED) is 0.0395. The van der Waals surface area contributed by atoms with Crippen molar-refractivity contribution in [3.63, 3.8) is 0 Å². The fraction of sp³-hybridized carbons (Fsp3) is 0.695. The molecule has 2 fully saturated rings. The highest BCUT2D eigenvalue weighted by atomic mass is 32.2. The molecule has 1 unspecified atom stereocenters. The molecule has 7 atom stereocenters. The molecule has 2 saturated heterocycles. The topological polar surface area (TPSA) is 337 Å². The van der Waals surface area contributed by atoms with Crippen LogP contribution in [0.1, 0.15) is 96.7 Å². The maximum atomic E-state index is 14.5. The van der Waals surface area contributed by atoms with Crippen molar-refractivity contribution >= 4 is 69.8 Å². The van der Waals surface area contributed by atoms with E-state index in [9.17, 15) is 38.4 Å². The number of amides is 7. The summed E-state index contributed by atoms with van der Waals surface area (Å²) in [7, 11) is 0. The monoisotopic (exact) mass is 1230 g/mol. The molecule has 7 amide bonds. The molecule has 3 aromatic rings. The summed E-state index contributed by atoms with van der Waals surface area (Å²) in [5.41, 5.74) is 7.90. The van der Waals surface area contributed by atoms with Gasteiger partial charge in [-0.1, -0.05) is 50.1 Å². The molecule has 0 spiro atoms. The lowest BCUT2D eigenvalue weighted by Gasteiger charge is -2.29. The Morgan fingerprint density at radius 2 is 1.41 bits per heavy atom. The number of hydrogen-bond donors (Lipinski definition) is 7. The van der Waals surface area contributed by atoms with Crippen LogP contribution in [0.2, 0.25) is 0 Å². The van der Waals surface area contributed by atoms with Gasteiger partial charge in [0.05, 0.1) is 85.0 Å². The van der Waals surface area contributed by atoms with Crippen LogP contribution >= 0.6 is 11.8 Å². The number of benzene rings is 1. The van der Waals surface area contributed by atoms with E-state index in [0.29, 0.717) is 128 Å². The summed E-state index contributed by atoms with van der Waals surface area (Å²) < 4.78 is 40.0. The Bertz CT molecular complexity index is 2550. The second-order valence-electron chi connectivity index (χ2n) is 21.7. The third-order valence-corrected chi connectivity index (χ3v) is 16.4. The summed E-state index contributed by atoms with van der Waals surface area (Å²) in [4.78, 5) is 107. The van der Waals surface area contributed by atoms with Gasteiger partial charge in [0.25, 0.3) is 0 Å². The first-order valence-corrected chi connectivity index (χ1v) is 31.2. The molecule has 1 aromatic carbocycles. The number of nitrogens with two attached hydrogens (primary N) is 1. The van der Waals surface area contributed by atoms with Gasteiger partial charge < -0.3 is 75.4 Å². The van der Waals surface area contributed by atoms with Gasteiger partial charge in [-0.25, -0.2) is 0 Å². The fourth-order valence-corrected chi connectivity index (χ4v) is 11.7. The zero-order valence-electron chi connectivity index (χ0n) is 50.6. The van der Waals surface area contributed by atoms with E-state index in [0.717, 1.165) is 47.9 Å². The summed E-state index contributed by atoms with van der Waals surface area (Å²) in [5, 5.41) is 24.4. The van der Waals surface area contributed by atoms with E-state index in [-0.39, 0.29) is 87.9 Å². The zero-order chi connectivity index (χ0) is 61.9. The molecule has 26 nitrogen and oxygen atoms in total. The number of primary amides is 1. The normalized spacial score (nSPS) is 17.7. The van der Waals surface area contributed by atoms with Crippen LogP contribution in [0.3, 0.4) is 0 Å². The fourth-order valence-electron chi connectivity index (χ4n) is 10.0. The summed E-state index contributed by atoms with van der Waals surface area (Å²) in [5.74, 6) is -1.38. The van der Waals surface area contributed by atoms with Gasteiger partial charge in [-0.15, -0.1) is 5.10 Å². The minimum atomic E-state index is -1.16. The van der Waals surface area contributed by atoms with Crippen molar-refractivity contribution < 1.29 is 71.5 Å². The first-order chi connectivity index (χ1) is 41.6. The van der Waals surface area contributed by atoms with E-state index in [4.69, 9.17) is 38.9 Å². The number of aromatic nitrogens is 4. The Kier molecular flexibility index (Phi) is 33.2. The number of aromatic amines is 1. The number of Topliss-reactive ketones (excluding diaryl/α,β-unsaturated/α-hetero) is 1. The van der Waals surface area contributed by atoms with E-state index >= 15 is 0 Å². The van der Waals surface area contributed by atoms with Crippen molar-refractivity contribution in [3.8, 4) is 0 Å². The molecule has 8 N–H and O–H groups in total. The number of rotatable bonds is 46. The number of ketones is 1. The van der Waals surface area contributed by atoms with Gasteiger partial charge in [0, 0.05) is 98.6 Å². The van der Waals surface area contributed by atoms with E-state index in [1.165, 1.54) is 11.8 Å². The number of aryl methyl sites for hydroxylation is 1. The van der Waals surface area contributed by atoms with Gasteiger partial charge in [0.2, 0.25) is 41.4 Å². The highest BCUT2D eigenvalue weighted by molar-refractivity contribution is 8.00. The average Bonchev–Trinajstić information content (AvgIpc) is 2.54. The average molecular weight is 1230 g/mol. The number of thioether (sulfide) groups is 1. The van der Waals surface area contributed by atoms with Gasteiger partial charge in [-0.3, -0.25) is 43.0 Å². The highest BCUT2D eigenvalue weighted by Crippen LogP contribution is 2.35. The lowest BCUT2D eigenvalue weighted by molar-refractivity contribution is -0.142. The van der Waals surface area contributed by atoms with Crippen LogP contribution in [0.5, 0.6) is 0 Å². The summed E-state index contributed by atoms with van der Waals surface area (Å²) >= 11 is 1.89. The zero-order valence-corrected chi connectivity index (χ0v) is 51.4. The number of carbonyl (C=O) groups is 8. The van der Waals surface area contributed by atoms with Gasteiger partial charge in [0.1, 0.15) is 31.3 Å². The van der Waals surface area contributed by atoms with Crippen molar-refractivity contribution in [2.24, 2.45) is 17.6 Å². The molecule has 0 saturated carbocycles. The van der Waals surface area contributed by atoms with Crippen LogP contribution in [0.4, 0.5) is 0 Å². The number of nitrogens with one attached hydrogen (secondary N) is 6. The van der Waals surface area contributed by atoms with Gasteiger partial charge in [-0.05, 0) is 63.0 Å². The first-order valence-electron chi connectivity index (χ1n) is 30.2. The first kappa shape index (κ1) is 70.7. The largest absolute Gasteiger partial charge is 0.377 e. The van der Waals surface area contributed by atoms with Crippen LogP contribution in [0.15, 0.2) is 36.7 Å². The van der Waals surface area contributed by atoms with Gasteiger partial charge in [0.15, 0.2) is 5.78 Å². The number of nitrogens with zero attached hydrogens (tertiary/aromatic N) is 4.